The Balaban J connectivity index is 1.63. The van der Waals surface area contributed by atoms with Crippen molar-refractivity contribution in [3.8, 4) is 0 Å². The number of carbonyl (C=O) groups excluding carboxylic acids is 3. The molecule has 1 heterocycles. The van der Waals surface area contributed by atoms with Gasteiger partial charge in [0.05, 0.1) is 6.61 Å². The lowest BCUT2D eigenvalue weighted by atomic mass is 10.1. The van der Waals surface area contributed by atoms with Crippen molar-refractivity contribution in [2.75, 3.05) is 19.0 Å². The van der Waals surface area contributed by atoms with E-state index in [9.17, 15) is 14.4 Å². The van der Waals surface area contributed by atoms with E-state index in [4.69, 9.17) is 13.9 Å². The number of carbonyl (C=O) groups is 3. The molecule has 2 aromatic carbocycles. The van der Waals surface area contributed by atoms with Gasteiger partial charge in [-0.3, -0.25) is 9.59 Å². The molecule has 0 aliphatic heterocycles. The predicted octanol–water partition coefficient (Wildman–Crippen LogP) is 4.60. The Hall–Kier alpha value is -3.45. The van der Waals surface area contributed by atoms with Crippen LogP contribution < -0.4 is 5.32 Å². The highest BCUT2D eigenvalue weighted by atomic mass is 16.5. The minimum absolute atomic E-state index is 0.0269. The van der Waals surface area contributed by atoms with Gasteiger partial charge in [-0.25, -0.2) is 4.79 Å². The standard InChI is InChI=1S/C24H25NO6/c1-15(2)12-22(27)25-17-10-8-16(9-11-17)20(26)14-30-24(28)23-19(13-29-3)18-6-4-5-7-21(18)31-23/h4-11,15H,12-14H2,1-3H3,(H,25,27). The molecule has 1 aromatic heterocycles. The van der Waals surface area contributed by atoms with Crippen LogP contribution in [0.25, 0.3) is 11.0 Å². The van der Waals surface area contributed by atoms with Crippen molar-refractivity contribution in [1.82, 2.24) is 0 Å². The van der Waals surface area contributed by atoms with E-state index in [1.807, 2.05) is 26.0 Å². The molecule has 3 aromatic rings. The molecular formula is C24H25NO6. The molecule has 3 rings (SSSR count). The van der Waals surface area contributed by atoms with Crippen molar-refractivity contribution in [3.05, 3.63) is 65.4 Å². The van der Waals surface area contributed by atoms with Crippen LogP contribution in [0, 0.1) is 5.92 Å². The summed E-state index contributed by atoms with van der Waals surface area (Å²) >= 11 is 0. The fourth-order valence-electron chi connectivity index (χ4n) is 3.15. The van der Waals surface area contributed by atoms with Crippen LogP contribution in [0.2, 0.25) is 0 Å². The van der Waals surface area contributed by atoms with Crippen LogP contribution >= 0.6 is 0 Å². The molecule has 0 saturated carbocycles. The number of rotatable bonds is 9. The maximum Gasteiger partial charge on any atom is 0.375 e. The summed E-state index contributed by atoms with van der Waals surface area (Å²) in [6.45, 7) is 3.68. The maximum atomic E-state index is 12.5. The van der Waals surface area contributed by atoms with Crippen LogP contribution in [0.3, 0.4) is 0 Å². The average molecular weight is 423 g/mol. The van der Waals surface area contributed by atoms with Crippen LogP contribution in [0.4, 0.5) is 5.69 Å². The van der Waals surface area contributed by atoms with Gasteiger partial charge in [-0.2, -0.15) is 0 Å². The van der Waals surface area contributed by atoms with Crippen molar-refractivity contribution >= 4 is 34.3 Å². The Morgan fingerprint density at radius 3 is 2.42 bits per heavy atom. The van der Waals surface area contributed by atoms with Gasteiger partial charge in [0.1, 0.15) is 5.58 Å². The molecule has 0 atom stereocenters. The number of Topliss-reactive ketones (excluding diaryl/α,β-unsaturated/α-hetero) is 1. The summed E-state index contributed by atoms with van der Waals surface area (Å²) in [7, 11) is 1.52. The van der Waals surface area contributed by atoms with Gasteiger partial charge >= 0.3 is 5.97 Å². The van der Waals surface area contributed by atoms with E-state index in [1.54, 1.807) is 36.4 Å². The quantitative estimate of drug-likeness (QED) is 0.399. The molecule has 31 heavy (non-hydrogen) atoms. The van der Waals surface area contributed by atoms with Crippen LogP contribution in [-0.4, -0.2) is 31.4 Å². The van der Waals surface area contributed by atoms with Gasteiger partial charge < -0.3 is 19.2 Å². The molecule has 0 aliphatic rings. The Kier molecular flexibility index (Phi) is 7.20. The normalized spacial score (nSPS) is 11.0. The van der Waals surface area contributed by atoms with Crippen molar-refractivity contribution in [1.29, 1.82) is 0 Å². The van der Waals surface area contributed by atoms with E-state index >= 15 is 0 Å². The molecule has 0 radical (unpaired) electrons. The molecule has 1 N–H and O–H groups in total. The molecule has 0 bridgehead atoms. The molecule has 0 unspecified atom stereocenters. The molecule has 7 heteroatoms. The molecular weight excluding hydrogens is 398 g/mol. The number of furan rings is 1. The van der Waals surface area contributed by atoms with Gasteiger partial charge in [0.15, 0.2) is 12.4 Å². The third-order valence-corrected chi connectivity index (χ3v) is 4.59. The highest BCUT2D eigenvalue weighted by Gasteiger charge is 2.22. The number of nitrogens with one attached hydrogen (secondary N) is 1. The first kappa shape index (κ1) is 22.2. The zero-order valence-electron chi connectivity index (χ0n) is 17.8. The SMILES string of the molecule is COCc1c(C(=O)OCC(=O)c2ccc(NC(=O)CC(C)C)cc2)oc2ccccc12. The number of hydrogen-bond donors (Lipinski definition) is 1. The molecule has 0 aliphatic carbocycles. The van der Waals surface area contributed by atoms with Gasteiger partial charge in [0.25, 0.3) is 0 Å². The Labute approximate surface area is 180 Å². The molecule has 1 amide bonds. The highest BCUT2D eigenvalue weighted by molar-refractivity contribution is 6.01. The number of hydrogen-bond acceptors (Lipinski definition) is 6. The van der Waals surface area contributed by atoms with E-state index in [-0.39, 0.29) is 30.0 Å². The molecule has 0 saturated heterocycles. The number of esters is 1. The first-order chi connectivity index (χ1) is 14.9. The van der Waals surface area contributed by atoms with Gasteiger partial charge in [-0.1, -0.05) is 32.0 Å². The van der Waals surface area contributed by atoms with Crippen molar-refractivity contribution in [2.24, 2.45) is 5.92 Å². The lowest BCUT2D eigenvalue weighted by Crippen LogP contribution is -2.16. The third kappa shape index (κ3) is 5.58. The van der Waals surface area contributed by atoms with Crippen LogP contribution in [0.15, 0.2) is 52.9 Å². The number of ketones is 1. The average Bonchev–Trinajstić information content (AvgIpc) is 3.11. The Morgan fingerprint density at radius 1 is 1.03 bits per heavy atom. The summed E-state index contributed by atoms with van der Waals surface area (Å²) in [5, 5.41) is 3.54. The van der Waals surface area contributed by atoms with Crippen molar-refractivity contribution in [2.45, 2.75) is 26.9 Å². The summed E-state index contributed by atoms with van der Waals surface area (Å²) in [5.41, 5.74) is 2.10. The second kappa shape index (κ2) is 10.0. The lowest BCUT2D eigenvalue weighted by molar-refractivity contribution is -0.116. The molecule has 0 spiro atoms. The number of fused-ring (bicyclic) bond motifs is 1. The second-order valence-electron chi connectivity index (χ2n) is 7.56. The number of anilines is 1. The molecule has 162 valence electrons. The predicted molar refractivity (Wildman–Crippen MR) is 116 cm³/mol. The van der Waals surface area contributed by atoms with E-state index in [1.165, 1.54) is 7.11 Å². The maximum absolute atomic E-state index is 12.5. The van der Waals surface area contributed by atoms with E-state index in [0.29, 0.717) is 28.8 Å². The number of benzene rings is 2. The van der Waals surface area contributed by atoms with Crippen molar-refractivity contribution in [3.63, 3.8) is 0 Å². The molecule has 0 fully saturated rings. The van der Waals surface area contributed by atoms with Gasteiger partial charge in [0.2, 0.25) is 11.7 Å². The molecule has 7 nitrogen and oxygen atoms in total. The van der Waals surface area contributed by atoms with Crippen molar-refractivity contribution < 1.29 is 28.3 Å². The summed E-state index contributed by atoms with van der Waals surface area (Å²) in [6.07, 6.45) is 0.420. The first-order valence-corrected chi connectivity index (χ1v) is 9.98. The van der Waals surface area contributed by atoms with E-state index in [2.05, 4.69) is 5.32 Å². The highest BCUT2D eigenvalue weighted by Crippen LogP contribution is 2.27. The smallest absolute Gasteiger partial charge is 0.375 e. The number of ether oxygens (including phenoxy) is 2. The van der Waals surface area contributed by atoms with Gasteiger partial charge in [0, 0.05) is 35.7 Å². The lowest BCUT2D eigenvalue weighted by Gasteiger charge is -2.08. The van der Waals surface area contributed by atoms with E-state index in [0.717, 1.165) is 5.39 Å². The zero-order valence-corrected chi connectivity index (χ0v) is 17.8. The van der Waals surface area contributed by atoms with Crippen LogP contribution in [-0.2, 0) is 20.9 Å². The van der Waals surface area contributed by atoms with Crippen LogP contribution in [0.1, 0.15) is 46.7 Å². The largest absolute Gasteiger partial charge is 0.451 e. The van der Waals surface area contributed by atoms with Gasteiger partial charge in [-0.05, 0) is 36.2 Å². The number of methoxy groups -OCH3 is 1. The fraction of sp³-hybridized carbons (Fsp3) is 0.292. The summed E-state index contributed by atoms with van der Waals surface area (Å²) in [6, 6.07) is 13.7. The first-order valence-electron chi connectivity index (χ1n) is 9.98. The second-order valence-corrected chi connectivity index (χ2v) is 7.56. The third-order valence-electron chi connectivity index (χ3n) is 4.59. The number of amides is 1. The minimum atomic E-state index is -0.728. The summed E-state index contributed by atoms with van der Waals surface area (Å²) in [5.74, 6) is -0.890. The minimum Gasteiger partial charge on any atom is -0.451 e. The summed E-state index contributed by atoms with van der Waals surface area (Å²) < 4.78 is 16.0. The monoisotopic (exact) mass is 423 g/mol. The van der Waals surface area contributed by atoms with E-state index < -0.39 is 12.6 Å². The summed E-state index contributed by atoms with van der Waals surface area (Å²) in [4.78, 5) is 36.8. The Morgan fingerprint density at radius 2 is 1.74 bits per heavy atom. The van der Waals surface area contributed by atoms with Crippen LogP contribution in [0.5, 0.6) is 0 Å². The zero-order chi connectivity index (χ0) is 22.4. The fourth-order valence-corrected chi connectivity index (χ4v) is 3.15. The number of para-hydroxylation sites is 1. The van der Waals surface area contributed by atoms with Gasteiger partial charge in [-0.15, -0.1) is 0 Å². The Bertz CT molecular complexity index is 1080. The topological polar surface area (TPSA) is 94.8 Å².